The summed E-state index contributed by atoms with van der Waals surface area (Å²) >= 11 is 0. The molecule has 1 saturated carbocycles. The van der Waals surface area contributed by atoms with Crippen molar-refractivity contribution in [2.75, 3.05) is 26.7 Å². The molecule has 1 aromatic rings. The highest BCUT2D eigenvalue weighted by molar-refractivity contribution is 5.84. The second-order valence-electron chi connectivity index (χ2n) is 7.57. The second-order valence-corrected chi connectivity index (χ2v) is 7.57. The molecule has 2 amide bonds. The van der Waals surface area contributed by atoms with Gasteiger partial charge < -0.3 is 15.0 Å². The molecule has 5 heteroatoms. The Morgan fingerprint density at radius 2 is 1.88 bits per heavy atom. The van der Waals surface area contributed by atoms with Crippen LogP contribution in [0.3, 0.4) is 0 Å². The number of nitrogens with zero attached hydrogens (tertiary/aromatic N) is 1. The SMILES string of the molecule is COc1ccc([C@H]2CN(C(=O)C(C)C)C[C@H]2C(=O)NCC2CC2)cc1. The Balaban J connectivity index is 1.76. The van der Waals surface area contributed by atoms with Crippen molar-refractivity contribution >= 4 is 11.8 Å². The minimum absolute atomic E-state index is 0.0350. The summed E-state index contributed by atoms with van der Waals surface area (Å²) < 4.78 is 5.22. The molecule has 1 aliphatic heterocycles. The van der Waals surface area contributed by atoms with Gasteiger partial charge in [-0.15, -0.1) is 0 Å². The van der Waals surface area contributed by atoms with Crippen LogP contribution in [0.15, 0.2) is 24.3 Å². The van der Waals surface area contributed by atoms with Crippen LogP contribution in [0.1, 0.15) is 38.2 Å². The summed E-state index contributed by atoms with van der Waals surface area (Å²) in [4.78, 5) is 27.0. The van der Waals surface area contributed by atoms with Crippen molar-refractivity contribution in [1.29, 1.82) is 0 Å². The maximum Gasteiger partial charge on any atom is 0.225 e. The van der Waals surface area contributed by atoms with E-state index in [-0.39, 0.29) is 29.6 Å². The van der Waals surface area contributed by atoms with Gasteiger partial charge in [0.15, 0.2) is 0 Å². The highest BCUT2D eigenvalue weighted by Crippen LogP contribution is 2.35. The third-order valence-corrected chi connectivity index (χ3v) is 5.27. The van der Waals surface area contributed by atoms with Gasteiger partial charge in [-0.25, -0.2) is 0 Å². The van der Waals surface area contributed by atoms with E-state index in [2.05, 4.69) is 5.32 Å². The molecule has 0 spiro atoms. The normalized spacial score (nSPS) is 23.0. The second kappa shape index (κ2) is 7.46. The lowest BCUT2D eigenvalue weighted by Gasteiger charge is -2.18. The number of carbonyl (C=O) groups excluding carboxylic acids is 2. The molecule has 1 aliphatic carbocycles. The molecule has 1 saturated heterocycles. The average Bonchev–Trinajstić information content (AvgIpc) is 3.35. The fourth-order valence-electron chi connectivity index (χ4n) is 3.50. The van der Waals surface area contributed by atoms with Crippen molar-refractivity contribution in [2.45, 2.75) is 32.6 Å². The van der Waals surface area contributed by atoms with Gasteiger partial charge in [0.05, 0.1) is 13.0 Å². The van der Waals surface area contributed by atoms with Crippen LogP contribution in [0.4, 0.5) is 0 Å². The molecule has 3 rings (SSSR count). The summed E-state index contributed by atoms with van der Waals surface area (Å²) in [6.07, 6.45) is 2.43. The molecule has 136 valence electrons. The lowest BCUT2D eigenvalue weighted by atomic mass is 9.88. The van der Waals surface area contributed by atoms with Crippen LogP contribution in [-0.4, -0.2) is 43.5 Å². The van der Waals surface area contributed by atoms with Crippen molar-refractivity contribution in [2.24, 2.45) is 17.8 Å². The van der Waals surface area contributed by atoms with Crippen LogP contribution < -0.4 is 10.1 Å². The molecule has 0 bridgehead atoms. The Bertz CT molecular complexity index is 622. The molecular formula is C20H28N2O3. The van der Waals surface area contributed by atoms with E-state index in [0.29, 0.717) is 19.0 Å². The van der Waals surface area contributed by atoms with Gasteiger partial charge in [-0.2, -0.15) is 0 Å². The number of ether oxygens (including phenoxy) is 1. The van der Waals surface area contributed by atoms with Gasteiger partial charge in [-0.3, -0.25) is 9.59 Å². The Morgan fingerprint density at radius 1 is 1.20 bits per heavy atom. The van der Waals surface area contributed by atoms with Gasteiger partial charge >= 0.3 is 0 Å². The molecule has 2 fully saturated rings. The minimum atomic E-state index is -0.185. The van der Waals surface area contributed by atoms with Crippen LogP contribution in [0.5, 0.6) is 5.75 Å². The van der Waals surface area contributed by atoms with Crippen molar-refractivity contribution < 1.29 is 14.3 Å². The number of hydrogen-bond donors (Lipinski definition) is 1. The van der Waals surface area contributed by atoms with Gasteiger partial charge in [-0.05, 0) is 36.5 Å². The van der Waals surface area contributed by atoms with Crippen LogP contribution in [-0.2, 0) is 9.59 Å². The summed E-state index contributed by atoms with van der Waals surface area (Å²) in [5.41, 5.74) is 1.09. The van der Waals surface area contributed by atoms with Gasteiger partial charge in [0, 0.05) is 31.5 Å². The van der Waals surface area contributed by atoms with E-state index in [4.69, 9.17) is 4.74 Å². The highest BCUT2D eigenvalue weighted by atomic mass is 16.5. The number of methoxy groups -OCH3 is 1. The zero-order valence-electron chi connectivity index (χ0n) is 15.3. The summed E-state index contributed by atoms with van der Waals surface area (Å²) in [5, 5.41) is 3.10. The first-order valence-corrected chi connectivity index (χ1v) is 9.20. The monoisotopic (exact) mass is 344 g/mol. The van der Waals surface area contributed by atoms with Crippen molar-refractivity contribution in [3.63, 3.8) is 0 Å². The van der Waals surface area contributed by atoms with E-state index in [1.165, 1.54) is 12.8 Å². The number of likely N-dealkylation sites (tertiary alicyclic amines) is 1. The van der Waals surface area contributed by atoms with E-state index >= 15 is 0 Å². The Hall–Kier alpha value is -2.04. The molecular weight excluding hydrogens is 316 g/mol. The molecule has 2 aliphatic rings. The van der Waals surface area contributed by atoms with Gasteiger partial charge in [-0.1, -0.05) is 26.0 Å². The summed E-state index contributed by atoms with van der Waals surface area (Å²) in [6, 6.07) is 7.85. The van der Waals surface area contributed by atoms with Crippen LogP contribution in [0.2, 0.25) is 0 Å². The van der Waals surface area contributed by atoms with Crippen molar-refractivity contribution in [3.05, 3.63) is 29.8 Å². The third kappa shape index (κ3) is 4.14. The first-order chi connectivity index (χ1) is 12.0. The molecule has 1 heterocycles. The van der Waals surface area contributed by atoms with E-state index in [0.717, 1.165) is 17.9 Å². The van der Waals surface area contributed by atoms with Gasteiger partial charge in [0.25, 0.3) is 0 Å². The van der Waals surface area contributed by atoms with Crippen LogP contribution in [0.25, 0.3) is 0 Å². The van der Waals surface area contributed by atoms with E-state index in [9.17, 15) is 9.59 Å². The first kappa shape index (κ1) is 17.8. The summed E-state index contributed by atoms with van der Waals surface area (Å²) in [6.45, 7) is 5.69. The fourth-order valence-corrected chi connectivity index (χ4v) is 3.50. The van der Waals surface area contributed by atoms with Gasteiger partial charge in [0.1, 0.15) is 5.75 Å². The zero-order chi connectivity index (χ0) is 18.0. The number of benzene rings is 1. The molecule has 5 nitrogen and oxygen atoms in total. The molecule has 25 heavy (non-hydrogen) atoms. The average molecular weight is 344 g/mol. The fraction of sp³-hybridized carbons (Fsp3) is 0.600. The van der Waals surface area contributed by atoms with Gasteiger partial charge in [0.2, 0.25) is 11.8 Å². The smallest absolute Gasteiger partial charge is 0.225 e. The maximum absolute atomic E-state index is 12.7. The van der Waals surface area contributed by atoms with Crippen LogP contribution >= 0.6 is 0 Å². The predicted molar refractivity (Wildman–Crippen MR) is 96.4 cm³/mol. The largest absolute Gasteiger partial charge is 0.497 e. The number of hydrogen-bond acceptors (Lipinski definition) is 3. The lowest BCUT2D eigenvalue weighted by Crippen LogP contribution is -2.37. The standard InChI is InChI=1S/C20H28N2O3/c1-13(2)20(24)22-11-17(15-6-8-16(25-3)9-7-15)18(12-22)19(23)21-10-14-4-5-14/h6-9,13-14,17-18H,4-5,10-12H2,1-3H3,(H,21,23)/t17-,18-/m1/s1. The van der Waals surface area contributed by atoms with E-state index in [1.807, 2.05) is 43.0 Å². The lowest BCUT2D eigenvalue weighted by molar-refractivity contribution is -0.133. The quantitative estimate of drug-likeness (QED) is 0.862. The Labute approximate surface area is 149 Å². The third-order valence-electron chi connectivity index (χ3n) is 5.27. The predicted octanol–water partition coefficient (Wildman–Crippen LogP) is 2.42. The molecule has 2 atom stereocenters. The summed E-state index contributed by atoms with van der Waals surface area (Å²) in [5.74, 6) is 1.44. The maximum atomic E-state index is 12.7. The number of amides is 2. The topological polar surface area (TPSA) is 58.6 Å². The molecule has 0 aromatic heterocycles. The van der Waals surface area contributed by atoms with E-state index in [1.54, 1.807) is 7.11 Å². The zero-order valence-corrected chi connectivity index (χ0v) is 15.3. The number of carbonyl (C=O) groups is 2. The minimum Gasteiger partial charge on any atom is -0.497 e. The molecule has 0 unspecified atom stereocenters. The first-order valence-electron chi connectivity index (χ1n) is 9.20. The Morgan fingerprint density at radius 3 is 2.44 bits per heavy atom. The number of nitrogens with one attached hydrogen (secondary N) is 1. The molecule has 1 N–H and O–H groups in total. The number of rotatable bonds is 6. The Kier molecular flexibility index (Phi) is 5.30. The van der Waals surface area contributed by atoms with Crippen molar-refractivity contribution in [3.8, 4) is 5.75 Å². The van der Waals surface area contributed by atoms with E-state index < -0.39 is 0 Å². The molecule has 1 aromatic carbocycles. The molecule has 0 radical (unpaired) electrons. The van der Waals surface area contributed by atoms with Crippen LogP contribution in [0, 0.1) is 17.8 Å². The van der Waals surface area contributed by atoms with Crippen molar-refractivity contribution in [1.82, 2.24) is 10.2 Å². The summed E-state index contributed by atoms with van der Waals surface area (Å²) in [7, 11) is 1.64. The highest BCUT2D eigenvalue weighted by Gasteiger charge is 2.41.